The molecule has 2 N–H and O–H groups in total. The van der Waals surface area contributed by atoms with Crippen LogP contribution in [-0.2, 0) is 20.7 Å². The molecule has 1 aromatic carbocycles. The Labute approximate surface area is 176 Å². The Kier molecular flexibility index (Phi) is 9.09. The average Bonchev–Trinajstić information content (AvgIpc) is 3.01. The van der Waals surface area contributed by atoms with Gasteiger partial charge in [-0.05, 0) is 44.4 Å². The standard InChI is InChI=1S/C20H27Cl2N3O3/c1-3-25-13-15(18(20(25)27)23-10-11-28-4-2)19(26)24-9-5-6-14-7-8-16(21)17(22)12-14/h7-8,12,23H,3-6,9-11,13H2,1-2H3,(H,24,26). The monoisotopic (exact) mass is 427 g/mol. The van der Waals surface area contributed by atoms with Crippen molar-refractivity contribution in [3.05, 3.63) is 45.1 Å². The Balaban J connectivity index is 1.88. The molecule has 1 heterocycles. The quantitative estimate of drug-likeness (QED) is 0.532. The zero-order chi connectivity index (χ0) is 20.5. The summed E-state index contributed by atoms with van der Waals surface area (Å²) in [5.74, 6) is -0.350. The lowest BCUT2D eigenvalue weighted by molar-refractivity contribution is -0.125. The first-order valence-corrected chi connectivity index (χ1v) is 10.3. The predicted molar refractivity (Wildman–Crippen MR) is 112 cm³/mol. The highest BCUT2D eigenvalue weighted by Crippen LogP contribution is 2.23. The number of amides is 2. The molecule has 0 bridgehead atoms. The lowest BCUT2D eigenvalue weighted by Crippen LogP contribution is -2.31. The van der Waals surface area contributed by atoms with Gasteiger partial charge in [-0.1, -0.05) is 29.3 Å². The second-order valence-corrected chi connectivity index (χ2v) is 7.22. The lowest BCUT2D eigenvalue weighted by atomic mass is 10.1. The van der Waals surface area contributed by atoms with Crippen LogP contribution in [0.5, 0.6) is 0 Å². The van der Waals surface area contributed by atoms with Gasteiger partial charge in [0.2, 0.25) is 0 Å². The van der Waals surface area contributed by atoms with E-state index < -0.39 is 0 Å². The largest absolute Gasteiger partial charge is 0.380 e. The molecule has 1 aliphatic heterocycles. The number of likely N-dealkylation sites (N-methyl/N-ethyl adjacent to an activating group) is 1. The molecule has 8 heteroatoms. The van der Waals surface area contributed by atoms with Crippen molar-refractivity contribution in [2.45, 2.75) is 26.7 Å². The first-order valence-electron chi connectivity index (χ1n) is 9.54. The SMILES string of the molecule is CCOCCNC1=C(C(=O)NCCCc2ccc(Cl)c(Cl)c2)CN(CC)C1=O. The molecule has 0 fully saturated rings. The van der Waals surface area contributed by atoms with E-state index in [0.717, 1.165) is 18.4 Å². The number of ether oxygens (including phenoxy) is 1. The number of rotatable bonds is 11. The number of hydrogen-bond donors (Lipinski definition) is 2. The van der Waals surface area contributed by atoms with E-state index >= 15 is 0 Å². The van der Waals surface area contributed by atoms with Crippen LogP contribution in [0.3, 0.4) is 0 Å². The van der Waals surface area contributed by atoms with Crippen LogP contribution in [0.1, 0.15) is 25.8 Å². The van der Waals surface area contributed by atoms with Gasteiger partial charge < -0.3 is 20.3 Å². The molecule has 0 saturated carbocycles. The van der Waals surface area contributed by atoms with Gasteiger partial charge in [0, 0.05) is 26.2 Å². The number of aryl methyl sites for hydroxylation is 1. The highest BCUT2D eigenvalue weighted by atomic mass is 35.5. The summed E-state index contributed by atoms with van der Waals surface area (Å²) >= 11 is 11.9. The summed E-state index contributed by atoms with van der Waals surface area (Å²) in [5.41, 5.74) is 1.93. The van der Waals surface area contributed by atoms with Gasteiger partial charge in [0.1, 0.15) is 5.70 Å². The van der Waals surface area contributed by atoms with Gasteiger partial charge in [-0.3, -0.25) is 9.59 Å². The summed E-state index contributed by atoms with van der Waals surface area (Å²) < 4.78 is 5.29. The van der Waals surface area contributed by atoms with Crippen molar-refractivity contribution in [1.29, 1.82) is 0 Å². The molecule has 1 aliphatic rings. The van der Waals surface area contributed by atoms with Crippen LogP contribution in [0.2, 0.25) is 10.0 Å². The van der Waals surface area contributed by atoms with E-state index in [1.54, 1.807) is 11.0 Å². The summed E-state index contributed by atoms with van der Waals surface area (Å²) in [6.45, 7) is 6.79. The Bertz CT molecular complexity index is 737. The van der Waals surface area contributed by atoms with E-state index in [1.165, 1.54) is 0 Å². The molecule has 2 rings (SSSR count). The number of carbonyl (C=O) groups is 2. The number of nitrogens with zero attached hydrogens (tertiary/aromatic N) is 1. The van der Waals surface area contributed by atoms with Crippen molar-refractivity contribution in [3.8, 4) is 0 Å². The summed E-state index contributed by atoms with van der Waals surface area (Å²) in [6.07, 6.45) is 1.53. The minimum Gasteiger partial charge on any atom is -0.380 e. The fraction of sp³-hybridized carbons (Fsp3) is 0.500. The third-order valence-electron chi connectivity index (χ3n) is 4.47. The van der Waals surface area contributed by atoms with E-state index in [0.29, 0.717) is 60.7 Å². The molecular weight excluding hydrogens is 401 g/mol. The fourth-order valence-corrected chi connectivity index (χ4v) is 3.26. The second kappa shape index (κ2) is 11.3. The van der Waals surface area contributed by atoms with Crippen LogP contribution in [0.4, 0.5) is 0 Å². The zero-order valence-electron chi connectivity index (χ0n) is 16.3. The molecule has 0 radical (unpaired) electrons. The Hall–Kier alpha value is -1.76. The molecule has 2 amide bonds. The number of benzene rings is 1. The number of hydrogen-bond acceptors (Lipinski definition) is 4. The van der Waals surface area contributed by atoms with Gasteiger partial charge in [0.15, 0.2) is 0 Å². The Morgan fingerprint density at radius 1 is 1.21 bits per heavy atom. The van der Waals surface area contributed by atoms with E-state index in [1.807, 2.05) is 26.0 Å². The Morgan fingerprint density at radius 3 is 2.68 bits per heavy atom. The maximum atomic E-state index is 12.6. The fourth-order valence-electron chi connectivity index (χ4n) is 2.94. The molecule has 0 saturated heterocycles. The van der Waals surface area contributed by atoms with Gasteiger partial charge in [0.25, 0.3) is 11.8 Å². The maximum absolute atomic E-state index is 12.6. The van der Waals surface area contributed by atoms with Crippen LogP contribution in [0.25, 0.3) is 0 Å². The average molecular weight is 428 g/mol. The van der Waals surface area contributed by atoms with Crippen molar-refractivity contribution >= 4 is 35.0 Å². The molecule has 0 aromatic heterocycles. The summed E-state index contributed by atoms with van der Waals surface area (Å²) in [7, 11) is 0. The lowest BCUT2D eigenvalue weighted by Gasteiger charge is -2.13. The van der Waals surface area contributed by atoms with E-state index in [9.17, 15) is 9.59 Å². The van der Waals surface area contributed by atoms with Gasteiger partial charge in [-0.25, -0.2) is 0 Å². The number of nitrogens with one attached hydrogen (secondary N) is 2. The smallest absolute Gasteiger partial charge is 0.270 e. The normalized spacial score (nSPS) is 14.0. The van der Waals surface area contributed by atoms with E-state index in [2.05, 4.69) is 10.6 Å². The maximum Gasteiger partial charge on any atom is 0.270 e. The van der Waals surface area contributed by atoms with Crippen molar-refractivity contribution in [1.82, 2.24) is 15.5 Å². The molecule has 0 unspecified atom stereocenters. The minimum atomic E-state index is -0.211. The highest BCUT2D eigenvalue weighted by Gasteiger charge is 2.32. The highest BCUT2D eigenvalue weighted by molar-refractivity contribution is 6.42. The molecule has 1 aromatic rings. The molecule has 0 spiro atoms. The molecule has 28 heavy (non-hydrogen) atoms. The van der Waals surface area contributed by atoms with Gasteiger partial charge in [0.05, 0.1) is 28.8 Å². The van der Waals surface area contributed by atoms with Crippen molar-refractivity contribution < 1.29 is 14.3 Å². The predicted octanol–water partition coefficient (Wildman–Crippen LogP) is 2.78. The van der Waals surface area contributed by atoms with Gasteiger partial charge >= 0.3 is 0 Å². The summed E-state index contributed by atoms with van der Waals surface area (Å²) in [6, 6.07) is 5.53. The molecule has 6 nitrogen and oxygen atoms in total. The third kappa shape index (κ3) is 6.12. The molecule has 0 atom stereocenters. The van der Waals surface area contributed by atoms with Crippen molar-refractivity contribution in [3.63, 3.8) is 0 Å². The topological polar surface area (TPSA) is 70.7 Å². The van der Waals surface area contributed by atoms with Crippen molar-refractivity contribution in [2.75, 3.05) is 39.4 Å². The Morgan fingerprint density at radius 2 is 2.00 bits per heavy atom. The van der Waals surface area contributed by atoms with Crippen LogP contribution in [0.15, 0.2) is 29.5 Å². The zero-order valence-corrected chi connectivity index (χ0v) is 17.8. The molecule has 154 valence electrons. The molecule has 0 aliphatic carbocycles. The second-order valence-electron chi connectivity index (χ2n) is 6.40. The van der Waals surface area contributed by atoms with Gasteiger partial charge in [-0.2, -0.15) is 0 Å². The first-order chi connectivity index (χ1) is 13.5. The van der Waals surface area contributed by atoms with Crippen LogP contribution in [-0.4, -0.2) is 56.1 Å². The summed E-state index contributed by atoms with van der Waals surface area (Å²) in [4.78, 5) is 26.7. The van der Waals surface area contributed by atoms with Crippen LogP contribution >= 0.6 is 23.2 Å². The van der Waals surface area contributed by atoms with E-state index in [-0.39, 0.29) is 11.8 Å². The van der Waals surface area contributed by atoms with Crippen molar-refractivity contribution in [2.24, 2.45) is 0 Å². The van der Waals surface area contributed by atoms with Crippen LogP contribution in [0, 0.1) is 0 Å². The van der Waals surface area contributed by atoms with E-state index in [4.69, 9.17) is 27.9 Å². The summed E-state index contributed by atoms with van der Waals surface area (Å²) in [5, 5.41) is 7.03. The first kappa shape index (κ1) is 22.5. The molecular formula is C20H27Cl2N3O3. The minimum absolute atomic E-state index is 0.139. The van der Waals surface area contributed by atoms with Crippen LogP contribution < -0.4 is 10.6 Å². The van der Waals surface area contributed by atoms with Gasteiger partial charge in [-0.15, -0.1) is 0 Å². The third-order valence-corrected chi connectivity index (χ3v) is 5.21. The number of halogens is 2. The number of carbonyl (C=O) groups excluding carboxylic acids is 2.